The number of halogens is 1. The molecule has 0 aliphatic heterocycles. The predicted molar refractivity (Wildman–Crippen MR) is 142 cm³/mol. The van der Waals surface area contributed by atoms with Crippen molar-refractivity contribution in [1.82, 2.24) is 9.88 Å². The van der Waals surface area contributed by atoms with Crippen molar-refractivity contribution in [1.29, 1.82) is 0 Å². The first-order valence-corrected chi connectivity index (χ1v) is 12.1. The molecule has 1 heterocycles. The number of aromatic amines is 1. The highest BCUT2D eigenvalue weighted by Gasteiger charge is 2.19. The topological polar surface area (TPSA) is 36.1 Å². The van der Waals surface area contributed by atoms with Gasteiger partial charge in [-0.3, -0.25) is 9.69 Å². The summed E-state index contributed by atoms with van der Waals surface area (Å²) in [7, 11) is 0. The van der Waals surface area contributed by atoms with E-state index in [0.29, 0.717) is 13.1 Å². The lowest BCUT2D eigenvalue weighted by molar-refractivity contribution is 0.191. The number of pyridine rings is 1. The van der Waals surface area contributed by atoms with Crippen LogP contribution in [0.1, 0.15) is 42.1 Å². The van der Waals surface area contributed by atoms with Gasteiger partial charge in [0.05, 0.1) is 0 Å². The van der Waals surface area contributed by atoms with Crippen molar-refractivity contribution in [2.75, 3.05) is 0 Å². The largest absolute Gasteiger partial charge is 0.322 e. The van der Waals surface area contributed by atoms with Crippen LogP contribution < -0.4 is 5.56 Å². The van der Waals surface area contributed by atoms with E-state index in [4.69, 9.17) is 0 Å². The minimum Gasteiger partial charge on any atom is -0.322 e. The van der Waals surface area contributed by atoms with Crippen molar-refractivity contribution < 1.29 is 4.39 Å². The molecule has 0 aliphatic carbocycles. The Morgan fingerprint density at radius 3 is 2.29 bits per heavy atom. The first kappa shape index (κ1) is 23.0. The van der Waals surface area contributed by atoms with Crippen molar-refractivity contribution in [3.63, 3.8) is 0 Å². The SMILES string of the molecule is CCc1ccc2[nH]c(=O)c(CN(Cc3ccc4ccccc4c3)[C@@H](C)c3ccc(F)cc3)cc2c1. The molecule has 3 nitrogen and oxygen atoms in total. The van der Waals surface area contributed by atoms with Crippen LogP contribution in [-0.4, -0.2) is 9.88 Å². The number of H-pyrrole nitrogens is 1. The summed E-state index contributed by atoms with van der Waals surface area (Å²) in [6, 6.07) is 29.6. The maximum Gasteiger partial charge on any atom is 0.252 e. The van der Waals surface area contributed by atoms with E-state index in [1.165, 1.54) is 34.0 Å². The third-order valence-corrected chi connectivity index (χ3v) is 6.87. The summed E-state index contributed by atoms with van der Waals surface area (Å²) in [6.07, 6.45) is 0.945. The number of aromatic nitrogens is 1. The maximum absolute atomic E-state index is 13.6. The van der Waals surface area contributed by atoms with Crippen LogP contribution in [0.15, 0.2) is 95.8 Å². The summed E-state index contributed by atoms with van der Waals surface area (Å²) in [5.74, 6) is -0.250. The van der Waals surface area contributed by atoms with Crippen molar-refractivity contribution in [3.8, 4) is 0 Å². The quantitative estimate of drug-likeness (QED) is 0.278. The number of nitrogens with one attached hydrogen (secondary N) is 1. The fourth-order valence-corrected chi connectivity index (χ4v) is 4.71. The van der Waals surface area contributed by atoms with Crippen molar-refractivity contribution in [2.24, 2.45) is 0 Å². The van der Waals surface area contributed by atoms with E-state index in [0.717, 1.165) is 28.5 Å². The second kappa shape index (κ2) is 9.85. The molecule has 5 aromatic rings. The van der Waals surface area contributed by atoms with Gasteiger partial charge in [0.15, 0.2) is 0 Å². The zero-order valence-corrected chi connectivity index (χ0v) is 20.1. The van der Waals surface area contributed by atoms with Crippen LogP contribution in [-0.2, 0) is 19.5 Å². The van der Waals surface area contributed by atoms with E-state index >= 15 is 0 Å². The summed E-state index contributed by atoms with van der Waals surface area (Å²) in [6.45, 7) is 5.38. The summed E-state index contributed by atoms with van der Waals surface area (Å²) in [4.78, 5) is 18.4. The van der Waals surface area contributed by atoms with Crippen LogP contribution >= 0.6 is 0 Å². The van der Waals surface area contributed by atoms with E-state index < -0.39 is 0 Å². The van der Waals surface area contributed by atoms with Crippen LogP contribution in [0.4, 0.5) is 4.39 Å². The Balaban J connectivity index is 1.52. The maximum atomic E-state index is 13.6. The molecule has 176 valence electrons. The van der Waals surface area contributed by atoms with Gasteiger partial charge >= 0.3 is 0 Å². The summed E-state index contributed by atoms with van der Waals surface area (Å²) >= 11 is 0. The first-order valence-electron chi connectivity index (χ1n) is 12.1. The Hall–Kier alpha value is -3.76. The fourth-order valence-electron chi connectivity index (χ4n) is 4.71. The molecule has 0 unspecified atom stereocenters. The number of aryl methyl sites for hydroxylation is 1. The monoisotopic (exact) mass is 464 g/mol. The molecule has 0 radical (unpaired) electrons. The number of rotatable bonds is 7. The molecule has 0 fully saturated rings. The van der Waals surface area contributed by atoms with Crippen molar-refractivity contribution >= 4 is 21.7 Å². The molecule has 0 saturated heterocycles. The van der Waals surface area contributed by atoms with Gasteiger partial charge in [-0.25, -0.2) is 4.39 Å². The van der Waals surface area contributed by atoms with Gasteiger partial charge in [-0.2, -0.15) is 0 Å². The fraction of sp³-hybridized carbons (Fsp3) is 0.194. The van der Waals surface area contributed by atoms with E-state index in [-0.39, 0.29) is 17.4 Å². The molecule has 35 heavy (non-hydrogen) atoms. The molecular formula is C31H29FN2O. The third kappa shape index (κ3) is 5.03. The van der Waals surface area contributed by atoms with Crippen LogP contribution in [0, 0.1) is 5.82 Å². The van der Waals surface area contributed by atoms with Crippen molar-refractivity contribution in [3.05, 3.63) is 129 Å². The number of hydrogen-bond acceptors (Lipinski definition) is 2. The molecule has 0 saturated carbocycles. The minimum atomic E-state index is -0.250. The zero-order chi connectivity index (χ0) is 24.4. The van der Waals surface area contributed by atoms with Crippen LogP contribution in [0.2, 0.25) is 0 Å². The van der Waals surface area contributed by atoms with Crippen molar-refractivity contribution in [2.45, 2.75) is 39.4 Å². The predicted octanol–water partition coefficient (Wildman–Crippen LogP) is 7.15. The van der Waals surface area contributed by atoms with Gasteiger partial charge in [-0.1, -0.05) is 61.5 Å². The molecule has 5 rings (SSSR count). The van der Waals surface area contributed by atoms with Gasteiger partial charge in [-0.15, -0.1) is 0 Å². The summed E-state index contributed by atoms with van der Waals surface area (Å²) < 4.78 is 13.6. The smallest absolute Gasteiger partial charge is 0.252 e. The van der Waals surface area contributed by atoms with E-state index in [2.05, 4.69) is 66.2 Å². The van der Waals surface area contributed by atoms with Crippen LogP contribution in [0.5, 0.6) is 0 Å². The van der Waals surface area contributed by atoms with E-state index in [1.54, 1.807) is 0 Å². The molecule has 0 aliphatic rings. The molecule has 1 N–H and O–H groups in total. The normalized spacial score (nSPS) is 12.5. The molecule has 0 amide bonds. The Bertz CT molecular complexity index is 1540. The molecular weight excluding hydrogens is 435 g/mol. The Kier molecular flexibility index (Phi) is 6.47. The Labute approximate surface area is 204 Å². The Morgan fingerprint density at radius 2 is 1.51 bits per heavy atom. The Morgan fingerprint density at radius 1 is 0.800 bits per heavy atom. The van der Waals surface area contributed by atoms with Crippen LogP contribution in [0.25, 0.3) is 21.7 Å². The lowest BCUT2D eigenvalue weighted by atomic mass is 10.0. The third-order valence-electron chi connectivity index (χ3n) is 6.87. The lowest BCUT2D eigenvalue weighted by Crippen LogP contribution is -2.29. The zero-order valence-electron chi connectivity index (χ0n) is 20.1. The average Bonchev–Trinajstić information content (AvgIpc) is 2.88. The molecule has 1 atom stereocenters. The molecule has 4 heteroatoms. The number of benzene rings is 4. The van der Waals surface area contributed by atoms with Crippen LogP contribution in [0.3, 0.4) is 0 Å². The standard InChI is InChI=1S/C31H29FN2O/c1-3-22-9-15-30-27(16-22)18-28(31(35)33-30)20-34(21(2)24-11-13-29(32)14-12-24)19-23-8-10-25-6-4-5-7-26(25)17-23/h4-18,21H,3,19-20H2,1-2H3,(H,33,35)/t21-/m0/s1. The first-order chi connectivity index (χ1) is 17.0. The van der Waals surface area contributed by atoms with Gasteiger partial charge in [0.25, 0.3) is 5.56 Å². The van der Waals surface area contributed by atoms with E-state index in [1.807, 2.05) is 36.4 Å². The van der Waals surface area contributed by atoms with Gasteiger partial charge in [-0.05, 0) is 82.6 Å². The average molecular weight is 465 g/mol. The molecule has 4 aromatic carbocycles. The number of hydrogen-bond donors (Lipinski definition) is 1. The highest BCUT2D eigenvalue weighted by Crippen LogP contribution is 2.26. The molecule has 0 spiro atoms. The number of nitrogens with zero attached hydrogens (tertiary/aromatic N) is 1. The molecule has 1 aromatic heterocycles. The molecule has 0 bridgehead atoms. The summed E-state index contributed by atoms with van der Waals surface area (Å²) in [5.41, 5.74) is 4.92. The highest BCUT2D eigenvalue weighted by atomic mass is 19.1. The van der Waals surface area contributed by atoms with E-state index in [9.17, 15) is 9.18 Å². The minimum absolute atomic E-state index is 0.0147. The van der Waals surface area contributed by atoms with Gasteiger partial charge < -0.3 is 4.98 Å². The number of fused-ring (bicyclic) bond motifs is 2. The highest BCUT2D eigenvalue weighted by molar-refractivity contribution is 5.83. The summed E-state index contributed by atoms with van der Waals surface area (Å²) in [5, 5.41) is 3.43. The second-order valence-corrected chi connectivity index (χ2v) is 9.21. The van der Waals surface area contributed by atoms with Gasteiger partial charge in [0.2, 0.25) is 0 Å². The second-order valence-electron chi connectivity index (χ2n) is 9.21. The lowest BCUT2D eigenvalue weighted by Gasteiger charge is -2.30. The van der Waals surface area contributed by atoms with Gasteiger partial charge in [0, 0.05) is 30.2 Å². The van der Waals surface area contributed by atoms with Gasteiger partial charge in [0.1, 0.15) is 5.82 Å².